The molecule has 2 aliphatic heterocycles. The van der Waals surface area contributed by atoms with Crippen LogP contribution in [0.1, 0.15) is 37.8 Å². The number of aromatic nitrogens is 5. The SMILES string of the molecule is CCn1c(CSc2nnc3n2CCCCC3)nc2cc(S(=O)(=O)N3CCOCC3)ccc21. The van der Waals surface area contributed by atoms with E-state index in [1.807, 2.05) is 6.07 Å². The summed E-state index contributed by atoms with van der Waals surface area (Å²) in [6.07, 6.45) is 4.55. The molecule has 2 aliphatic rings. The predicted molar refractivity (Wildman–Crippen MR) is 122 cm³/mol. The number of thioether (sulfide) groups is 1. The molecule has 11 heteroatoms. The molecule has 0 N–H and O–H groups in total. The molecule has 4 heterocycles. The average molecular weight is 477 g/mol. The molecule has 0 spiro atoms. The minimum absolute atomic E-state index is 0.287. The van der Waals surface area contributed by atoms with Crippen molar-refractivity contribution in [2.24, 2.45) is 0 Å². The Bertz CT molecular complexity index is 1210. The van der Waals surface area contributed by atoms with Crippen LogP contribution in [0, 0.1) is 0 Å². The summed E-state index contributed by atoms with van der Waals surface area (Å²) in [6, 6.07) is 5.26. The van der Waals surface area contributed by atoms with Crippen molar-refractivity contribution in [2.75, 3.05) is 26.3 Å². The molecule has 0 unspecified atom stereocenters. The first-order valence-electron chi connectivity index (χ1n) is 11.2. The molecule has 0 radical (unpaired) electrons. The highest BCUT2D eigenvalue weighted by Crippen LogP contribution is 2.28. The van der Waals surface area contributed by atoms with Gasteiger partial charge >= 0.3 is 0 Å². The predicted octanol–water partition coefficient (Wildman–Crippen LogP) is 2.69. The highest BCUT2D eigenvalue weighted by atomic mass is 32.2. The number of rotatable bonds is 6. The Labute approximate surface area is 192 Å². The molecule has 172 valence electrons. The Morgan fingerprint density at radius 3 is 2.75 bits per heavy atom. The molecule has 2 aromatic heterocycles. The molecule has 0 saturated carbocycles. The van der Waals surface area contributed by atoms with Gasteiger partial charge in [0.2, 0.25) is 10.0 Å². The fourth-order valence-corrected chi connectivity index (χ4v) is 6.77. The maximum atomic E-state index is 13.1. The number of nitrogens with zero attached hydrogens (tertiary/aromatic N) is 6. The maximum absolute atomic E-state index is 13.1. The van der Waals surface area contributed by atoms with Crippen LogP contribution >= 0.6 is 11.8 Å². The molecule has 0 bridgehead atoms. The van der Waals surface area contributed by atoms with Crippen molar-refractivity contribution >= 4 is 32.8 Å². The minimum atomic E-state index is -3.55. The van der Waals surface area contributed by atoms with Crippen LogP contribution in [0.5, 0.6) is 0 Å². The van der Waals surface area contributed by atoms with E-state index in [-0.39, 0.29) is 4.90 Å². The van der Waals surface area contributed by atoms with Crippen molar-refractivity contribution < 1.29 is 13.2 Å². The Morgan fingerprint density at radius 1 is 1.09 bits per heavy atom. The van der Waals surface area contributed by atoms with E-state index >= 15 is 0 Å². The van der Waals surface area contributed by atoms with Gasteiger partial charge in [0.05, 0.1) is 34.9 Å². The topological polar surface area (TPSA) is 95.1 Å². The molecular formula is C21H28N6O3S2. The third-order valence-electron chi connectivity index (χ3n) is 6.13. The molecule has 0 aliphatic carbocycles. The molecule has 1 saturated heterocycles. The largest absolute Gasteiger partial charge is 0.379 e. The Kier molecular flexibility index (Phi) is 6.24. The highest BCUT2D eigenvalue weighted by Gasteiger charge is 2.27. The normalized spacial score (nSPS) is 18.0. The summed E-state index contributed by atoms with van der Waals surface area (Å²) in [5.74, 6) is 2.65. The van der Waals surface area contributed by atoms with Gasteiger partial charge in [-0.05, 0) is 38.0 Å². The zero-order valence-electron chi connectivity index (χ0n) is 18.2. The van der Waals surface area contributed by atoms with Crippen LogP contribution in [0.4, 0.5) is 0 Å². The summed E-state index contributed by atoms with van der Waals surface area (Å²) in [5.41, 5.74) is 1.65. The number of sulfonamides is 1. The van der Waals surface area contributed by atoms with Crippen molar-refractivity contribution in [3.8, 4) is 0 Å². The van der Waals surface area contributed by atoms with Crippen molar-refractivity contribution in [2.45, 2.75) is 61.5 Å². The summed E-state index contributed by atoms with van der Waals surface area (Å²) >= 11 is 1.65. The Balaban J connectivity index is 1.41. The van der Waals surface area contributed by atoms with Crippen molar-refractivity contribution in [1.29, 1.82) is 0 Å². The first-order valence-corrected chi connectivity index (χ1v) is 13.6. The van der Waals surface area contributed by atoms with Crippen molar-refractivity contribution in [3.63, 3.8) is 0 Å². The fourth-order valence-electron chi connectivity index (χ4n) is 4.41. The molecule has 3 aromatic rings. The third-order valence-corrected chi connectivity index (χ3v) is 8.99. The average Bonchev–Trinajstić information content (AvgIpc) is 3.28. The van der Waals surface area contributed by atoms with E-state index in [0.717, 1.165) is 48.3 Å². The van der Waals surface area contributed by atoms with Gasteiger partial charge < -0.3 is 13.9 Å². The van der Waals surface area contributed by atoms with Crippen LogP contribution in [0.15, 0.2) is 28.3 Å². The van der Waals surface area contributed by atoms with E-state index in [9.17, 15) is 8.42 Å². The van der Waals surface area contributed by atoms with Gasteiger partial charge in [-0.15, -0.1) is 10.2 Å². The van der Waals surface area contributed by atoms with E-state index in [1.54, 1.807) is 23.9 Å². The lowest BCUT2D eigenvalue weighted by Gasteiger charge is -2.26. The molecule has 0 amide bonds. The van der Waals surface area contributed by atoms with Gasteiger partial charge in [0, 0.05) is 32.6 Å². The van der Waals surface area contributed by atoms with Gasteiger partial charge in [0.25, 0.3) is 0 Å². The number of ether oxygens (including phenoxy) is 1. The molecular weight excluding hydrogens is 448 g/mol. The molecule has 1 aromatic carbocycles. The van der Waals surface area contributed by atoms with Gasteiger partial charge in [0.1, 0.15) is 11.6 Å². The second-order valence-corrected chi connectivity index (χ2v) is 11.0. The molecule has 9 nitrogen and oxygen atoms in total. The van der Waals surface area contributed by atoms with E-state index in [2.05, 4.69) is 26.3 Å². The monoisotopic (exact) mass is 476 g/mol. The van der Waals surface area contributed by atoms with E-state index in [4.69, 9.17) is 9.72 Å². The second kappa shape index (κ2) is 9.12. The lowest BCUT2D eigenvalue weighted by atomic mass is 10.2. The standard InChI is InChI=1S/C21H28N6O3S2/c1-2-26-18-8-7-16(32(28,29)25-10-12-30-13-11-25)14-17(18)22-20(26)15-31-21-24-23-19-6-4-3-5-9-27(19)21/h7-8,14H,2-6,9-13,15H2,1H3. The van der Waals surface area contributed by atoms with Crippen LogP contribution < -0.4 is 0 Å². The lowest BCUT2D eigenvalue weighted by molar-refractivity contribution is 0.0730. The van der Waals surface area contributed by atoms with Crippen molar-refractivity contribution in [1.82, 2.24) is 28.6 Å². The minimum Gasteiger partial charge on any atom is -0.379 e. The van der Waals surface area contributed by atoms with E-state index < -0.39 is 10.0 Å². The van der Waals surface area contributed by atoms with Crippen LogP contribution in [0.2, 0.25) is 0 Å². The number of hydrogen-bond donors (Lipinski definition) is 0. The first kappa shape index (κ1) is 21.9. The second-order valence-electron chi connectivity index (χ2n) is 8.09. The number of hydrogen-bond acceptors (Lipinski definition) is 7. The first-order chi connectivity index (χ1) is 15.6. The van der Waals surface area contributed by atoms with Crippen LogP contribution in [0.3, 0.4) is 0 Å². The third kappa shape index (κ3) is 4.07. The summed E-state index contributed by atoms with van der Waals surface area (Å²) in [4.78, 5) is 5.10. The van der Waals surface area contributed by atoms with Gasteiger partial charge in [0.15, 0.2) is 5.16 Å². The molecule has 1 fully saturated rings. The fraction of sp³-hybridized carbons (Fsp3) is 0.571. The zero-order chi connectivity index (χ0) is 22.1. The summed E-state index contributed by atoms with van der Waals surface area (Å²) in [6.45, 7) is 5.44. The quantitative estimate of drug-likeness (QED) is 0.505. The van der Waals surface area contributed by atoms with E-state index in [0.29, 0.717) is 37.6 Å². The lowest BCUT2D eigenvalue weighted by Crippen LogP contribution is -2.40. The van der Waals surface area contributed by atoms with Crippen LogP contribution in [-0.2, 0) is 40.0 Å². The molecule has 32 heavy (non-hydrogen) atoms. The summed E-state index contributed by atoms with van der Waals surface area (Å²) < 4.78 is 37.3. The Hall–Kier alpha value is -1.95. The number of morpholine rings is 1. The molecule has 5 rings (SSSR count). The van der Waals surface area contributed by atoms with E-state index in [1.165, 1.54) is 17.1 Å². The number of fused-ring (bicyclic) bond motifs is 2. The number of imidazole rings is 1. The van der Waals surface area contributed by atoms with Gasteiger partial charge in [-0.25, -0.2) is 13.4 Å². The van der Waals surface area contributed by atoms with Crippen LogP contribution in [-0.4, -0.2) is 63.3 Å². The molecule has 0 atom stereocenters. The van der Waals surface area contributed by atoms with Gasteiger partial charge in [-0.1, -0.05) is 18.2 Å². The van der Waals surface area contributed by atoms with Crippen LogP contribution in [0.25, 0.3) is 11.0 Å². The summed E-state index contributed by atoms with van der Waals surface area (Å²) in [7, 11) is -3.55. The maximum Gasteiger partial charge on any atom is 0.243 e. The highest BCUT2D eigenvalue weighted by molar-refractivity contribution is 7.98. The zero-order valence-corrected chi connectivity index (χ0v) is 19.9. The Morgan fingerprint density at radius 2 is 1.94 bits per heavy atom. The van der Waals surface area contributed by atoms with Crippen molar-refractivity contribution in [3.05, 3.63) is 29.8 Å². The van der Waals surface area contributed by atoms with Gasteiger partial charge in [-0.3, -0.25) is 0 Å². The number of benzene rings is 1. The smallest absolute Gasteiger partial charge is 0.243 e. The van der Waals surface area contributed by atoms with Gasteiger partial charge in [-0.2, -0.15) is 4.31 Å². The number of aryl methyl sites for hydroxylation is 2. The summed E-state index contributed by atoms with van der Waals surface area (Å²) in [5, 5.41) is 9.73.